The molecule has 0 aromatic heterocycles. The second-order valence-corrected chi connectivity index (χ2v) is 5.53. The number of halogens is 1. The Morgan fingerprint density at radius 3 is 2.67 bits per heavy atom. The highest BCUT2D eigenvalue weighted by atomic mass is 35.5. The average Bonchev–Trinajstić information content (AvgIpc) is 2.96. The summed E-state index contributed by atoms with van der Waals surface area (Å²) in [7, 11) is 3.47. The molecule has 0 unspecified atom stereocenters. The second-order valence-electron chi connectivity index (χ2n) is 5.53. The Morgan fingerprint density at radius 1 is 1.33 bits per heavy atom. The quantitative estimate of drug-likeness (QED) is 0.847. The van der Waals surface area contributed by atoms with E-state index in [9.17, 15) is 4.79 Å². The SMILES string of the molecule is CNCC(=O)NCC1(c2cccc(OC)c2)CCCC1.Cl. The summed E-state index contributed by atoms with van der Waals surface area (Å²) in [4.78, 5) is 11.7. The normalized spacial score (nSPS) is 16.1. The van der Waals surface area contributed by atoms with Gasteiger partial charge in [0.1, 0.15) is 5.75 Å². The molecule has 1 aliphatic rings. The smallest absolute Gasteiger partial charge is 0.233 e. The number of carbonyl (C=O) groups is 1. The standard InChI is InChI=1S/C16H24N2O2.ClH/c1-17-11-15(19)18-12-16(8-3-4-9-16)13-6-5-7-14(10-13)20-2;/h5-7,10,17H,3-4,8-9,11-12H2,1-2H3,(H,18,19);1H. The van der Waals surface area contributed by atoms with Crippen LogP contribution in [-0.4, -0.2) is 33.2 Å². The Morgan fingerprint density at radius 2 is 2.05 bits per heavy atom. The van der Waals surface area contributed by atoms with Crippen LogP contribution in [0.25, 0.3) is 0 Å². The molecule has 5 heteroatoms. The molecule has 0 saturated heterocycles. The van der Waals surface area contributed by atoms with Crippen molar-refractivity contribution in [3.63, 3.8) is 0 Å². The summed E-state index contributed by atoms with van der Waals surface area (Å²) in [6, 6.07) is 8.25. The maximum atomic E-state index is 11.7. The summed E-state index contributed by atoms with van der Waals surface area (Å²) in [5, 5.41) is 5.94. The largest absolute Gasteiger partial charge is 0.497 e. The van der Waals surface area contributed by atoms with Crippen LogP contribution in [0, 0.1) is 0 Å². The molecule has 2 N–H and O–H groups in total. The fraction of sp³-hybridized carbons (Fsp3) is 0.562. The number of ether oxygens (including phenoxy) is 1. The van der Waals surface area contributed by atoms with E-state index in [-0.39, 0.29) is 23.7 Å². The first-order valence-corrected chi connectivity index (χ1v) is 7.26. The van der Waals surface area contributed by atoms with Gasteiger partial charge in [0.05, 0.1) is 13.7 Å². The van der Waals surface area contributed by atoms with Crippen LogP contribution < -0.4 is 15.4 Å². The zero-order valence-corrected chi connectivity index (χ0v) is 13.6. The number of hydrogen-bond donors (Lipinski definition) is 2. The van der Waals surface area contributed by atoms with Gasteiger partial charge in [-0.15, -0.1) is 12.4 Å². The summed E-state index contributed by atoms with van der Waals surface area (Å²) >= 11 is 0. The number of hydrogen-bond acceptors (Lipinski definition) is 3. The summed E-state index contributed by atoms with van der Waals surface area (Å²) in [6.07, 6.45) is 4.69. The van der Waals surface area contributed by atoms with Crippen molar-refractivity contribution in [2.45, 2.75) is 31.1 Å². The van der Waals surface area contributed by atoms with E-state index in [2.05, 4.69) is 22.8 Å². The molecule has 0 spiro atoms. The Bertz CT molecular complexity index is 459. The number of carbonyl (C=O) groups excluding carboxylic acids is 1. The van der Waals surface area contributed by atoms with Crippen molar-refractivity contribution in [1.29, 1.82) is 0 Å². The van der Waals surface area contributed by atoms with E-state index in [1.807, 2.05) is 12.1 Å². The molecule has 1 aromatic rings. The van der Waals surface area contributed by atoms with Gasteiger partial charge in [-0.2, -0.15) is 0 Å². The first-order chi connectivity index (χ1) is 9.70. The first kappa shape index (κ1) is 17.8. The van der Waals surface area contributed by atoms with E-state index in [1.165, 1.54) is 18.4 Å². The van der Waals surface area contributed by atoms with Crippen LogP contribution in [-0.2, 0) is 10.2 Å². The lowest BCUT2D eigenvalue weighted by atomic mass is 9.78. The molecule has 0 heterocycles. The van der Waals surface area contributed by atoms with Crippen LogP contribution in [0.15, 0.2) is 24.3 Å². The zero-order chi connectivity index (χ0) is 14.4. The second kappa shape index (κ2) is 8.25. The maximum absolute atomic E-state index is 11.7. The van der Waals surface area contributed by atoms with Crippen LogP contribution in [0.3, 0.4) is 0 Å². The van der Waals surface area contributed by atoms with Crippen molar-refractivity contribution in [1.82, 2.24) is 10.6 Å². The first-order valence-electron chi connectivity index (χ1n) is 7.26. The van der Waals surface area contributed by atoms with Crippen LogP contribution >= 0.6 is 12.4 Å². The Labute approximate surface area is 133 Å². The number of rotatable bonds is 6. The van der Waals surface area contributed by atoms with Gasteiger partial charge < -0.3 is 15.4 Å². The van der Waals surface area contributed by atoms with E-state index in [0.29, 0.717) is 13.1 Å². The van der Waals surface area contributed by atoms with Crippen molar-refractivity contribution in [3.05, 3.63) is 29.8 Å². The summed E-state index contributed by atoms with van der Waals surface area (Å²) in [5.41, 5.74) is 1.34. The number of benzene rings is 1. The molecule has 1 aromatic carbocycles. The number of amides is 1. The molecule has 1 saturated carbocycles. The van der Waals surface area contributed by atoms with Gasteiger partial charge in [-0.25, -0.2) is 0 Å². The summed E-state index contributed by atoms with van der Waals surface area (Å²) in [6.45, 7) is 1.08. The lowest BCUT2D eigenvalue weighted by Crippen LogP contribution is -2.41. The minimum Gasteiger partial charge on any atom is -0.497 e. The molecule has 4 nitrogen and oxygen atoms in total. The van der Waals surface area contributed by atoms with E-state index < -0.39 is 0 Å². The average molecular weight is 313 g/mol. The summed E-state index contributed by atoms with van der Waals surface area (Å²) in [5.74, 6) is 0.942. The molecule has 0 radical (unpaired) electrons. The van der Waals surface area contributed by atoms with Crippen LogP contribution in [0.1, 0.15) is 31.2 Å². The van der Waals surface area contributed by atoms with Crippen LogP contribution in [0.5, 0.6) is 5.75 Å². The Hall–Kier alpha value is -1.26. The number of likely N-dealkylation sites (N-methyl/N-ethyl adjacent to an activating group) is 1. The fourth-order valence-corrected chi connectivity index (χ4v) is 3.06. The molecule has 21 heavy (non-hydrogen) atoms. The summed E-state index contributed by atoms with van der Waals surface area (Å²) < 4.78 is 5.33. The molecule has 1 fully saturated rings. The molecule has 1 aliphatic carbocycles. The van der Waals surface area contributed by atoms with Crippen molar-refractivity contribution in [2.24, 2.45) is 0 Å². The minimum atomic E-state index is 0. The molecule has 0 aliphatic heterocycles. The fourth-order valence-electron chi connectivity index (χ4n) is 3.06. The lowest BCUT2D eigenvalue weighted by Gasteiger charge is -2.30. The predicted molar refractivity (Wildman–Crippen MR) is 87.3 cm³/mol. The number of nitrogens with one attached hydrogen (secondary N) is 2. The molecular formula is C16H25ClN2O2. The third kappa shape index (κ3) is 4.35. The number of methoxy groups -OCH3 is 1. The van der Waals surface area contributed by atoms with E-state index >= 15 is 0 Å². The highest BCUT2D eigenvalue weighted by Gasteiger charge is 2.36. The van der Waals surface area contributed by atoms with E-state index in [0.717, 1.165) is 18.6 Å². The van der Waals surface area contributed by atoms with Crippen molar-refractivity contribution < 1.29 is 9.53 Å². The Balaban J connectivity index is 0.00000220. The molecule has 0 bridgehead atoms. The van der Waals surface area contributed by atoms with Crippen molar-refractivity contribution in [3.8, 4) is 5.75 Å². The third-order valence-corrected chi connectivity index (χ3v) is 4.20. The highest BCUT2D eigenvalue weighted by molar-refractivity contribution is 5.85. The van der Waals surface area contributed by atoms with E-state index in [4.69, 9.17) is 4.74 Å². The van der Waals surface area contributed by atoms with Gasteiger partial charge >= 0.3 is 0 Å². The van der Waals surface area contributed by atoms with Crippen molar-refractivity contribution in [2.75, 3.05) is 27.2 Å². The topological polar surface area (TPSA) is 50.4 Å². The van der Waals surface area contributed by atoms with Gasteiger partial charge in [-0.05, 0) is 37.6 Å². The van der Waals surface area contributed by atoms with Crippen LogP contribution in [0.4, 0.5) is 0 Å². The molecule has 118 valence electrons. The molecular weight excluding hydrogens is 288 g/mol. The molecule has 2 rings (SSSR count). The van der Waals surface area contributed by atoms with Gasteiger partial charge in [-0.3, -0.25) is 4.79 Å². The van der Waals surface area contributed by atoms with Crippen molar-refractivity contribution >= 4 is 18.3 Å². The predicted octanol–water partition coefficient (Wildman–Crippen LogP) is 2.26. The van der Waals surface area contributed by atoms with Gasteiger partial charge in [0.25, 0.3) is 0 Å². The third-order valence-electron chi connectivity index (χ3n) is 4.20. The Kier molecular flexibility index (Phi) is 6.99. The zero-order valence-electron chi connectivity index (χ0n) is 12.8. The lowest BCUT2D eigenvalue weighted by molar-refractivity contribution is -0.120. The molecule has 1 amide bonds. The van der Waals surface area contributed by atoms with Gasteiger partial charge in [-0.1, -0.05) is 25.0 Å². The van der Waals surface area contributed by atoms with Gasteiger partial charge in [0, 0.05) is 12.0 Å². The van der Waals surface area contributed by atoms with Gasteiger partial charge in [0.15, 0.2) is 0 Å². The monoisotopic (exact) mass is 312 g/mol. The van der Waals surface area contributed by atoms with E-state index in [1.54, 1.807) is 14.2 Å². The maximum Gasteiger partial charge on any atom is 0.233 e. The van der Waals surface area contributed by atoms with Gasteiger partial charge in [0.2, 0.25) is 5.91 Å². The van der Waals surface area contributed by atoms with Crippen LogP contribution in [0.2, 0.25) is 0 Å². The highest BCUT2D eigenvalue weighted by Crippen LogP contribution is 2.41. The minimum absolute atomic E-state index is 0. The molecule has 0 atom stereocenters.